The van der Waals surface area contributed by atoms with Crippen LogP contribution in [0.4, 0.5) is 0 Å². The van der Waals surface area contributed by atoms with E-state index in [9.17, 15) is 9.59 Å². The van der Waals surface area contributed by atoms with E-state index in [0.29, 0.717) is 15.6 Å². The van der Waals surface area contributed by atoms with Crippen LogP contribution in [-0.4, -0.2) is 17.2 Å². The maximum atomic E-state index is 11.5. The second-order valence-corrected chi connectivity index (χ2v) is 4.71. The molecule has 1 aliphatic heterocycles. The third kappa shape index (κ3) is 1.90. The summed E-state index contributed by atoms with van der Waals surface area (Å²) in [6, 6.07) is 4.71. The summed E-state index contributed by atoms with van der Waals surface area (Å²) in [6.45, 7) is 0. The zero-order valence-corrected chi connectivity index (χ0v) is 10.1. The van der Waals surface area contributed by atoms with Crippen molar-refractivity contribution in [1.82, 2.24) is 5.32 Å². The van der Waals surface area contributed by atoms with Crippen molar-refractivity contribution in [3.8, 4) is 0 Å². The van der Waals surface area contributed by atoms with Crippen molar-refractivity contribution in [1.29, 1.82) is 0 Å². The van der Waals surface area contributed by atoms with Crippen molar-refractivity contribution in [2.24, 2.45) is 0 Å². The van der Waals surface area contributed by atoms with Gasteiger partial charge in [-0.15, -0.1) is 11.6 Å². The number of carbonyl (C=O) groups is 2. The van der Waals surface area contributed by atoms with Gasteiger partial charge in [-0.05, 0) is 23.8 Å². The van der Waals surface area contributed by atoms with Crippen LogP contribution in [-0.2, 0) is 9.59 Å². The van der Waals surface area contributed by atoms with Gasteiger partial charge in [0, 0.05) is 10.0 Å². The molecule has 0 aliphatic carbocycles. The summed E-state index contributed by atoms with van der Waals surface area (Å²) in [7, 11) is 0. The van der Waals surface area contributed by atoms with Crippen LogP contribution >= 0.6 is 34.8 Å². The number of halogens is 3. The van der Waals surface area contributed by atoms with Crippen molar-refractivity contribution in [3.63, 3.8) is 0 Å². The van der Waals surface area contributed by atoms with Gasteiger partial charge in [-0.25, -0.2) is 0 Å². The van der Waals surface area contributed by atoms with Gasteiger partial charge in [-0.2, -0.15) is 0 Å². The summed E-state index contributed by atoms with van der Waals surface area (Å²) in [4.78, 5) is 22.8. The first kappa shape index (κ1) is 11.7. The molecular formula is C10H6Cl3NO2. The molecule has 0 bridgehead atoms. The molecule has 2 amide bonds. The van der Waals surface area contributed by atoms with Crippen LogP contribution in [0.2, 0.25) is 10.0 Å². The molecule has 0 spiro atoms. The summed E-state index contributed by atoms with van der Waals surface area (Å²) >= 11 is 17.6. The minimum Gasteiger partial charge on any atom is -0.295 e. The minimum absolute atomic E-state index is 0.366. The first-order valence-corrected chi connectivity index (χ1v) is 5.63. The van der Waals surface area contributed by atoms with Gasteiger partial charge in [0.25, 0.3) is 0 Å². The maximum Gasteiger partial charge on any atom is 0.245 e. The second-order valence-electron chi connectivity index (χ2n) is 3.40. The lowest BCUT2D eigenvalue weighted by molar-refractivity contribution is -0.125. The Hall–Kier alpha value is -0.770. The Balaban J connectivity index is 2.48. The molecule has 2 atom stereocenters. The minimum atomic E-state index is -0.941. The highest BCUT2D eigenvalue weighted by atomic mass is 35.5. The van der Waals surface area contributed by atoms with Gasteiger partial charge in [0.05, 0.1) is 5.92 Å². The Morgan fingerprint density at radius 3 is 2.38 bits per heavy atom. The lowest BCUT2D eigenvalue weighted by Gasteiger charge is -2.12. The monoisotopic (exact) mass is 277 g/mol. The maximum absolute atomic E-state index is 11.5. The molecule has 0 radical (unpaired) electrons. The van der Waals surface area contributed by atoms with E-state index in [4.69, 9.17) is 34.8 Å². The van der Waals surface area contributed by atoms with Crippen molar-refractivity contribution in [2.75, 3.05) is 0 Å². The fourth-order valence-electron chi connectivity index (χ4n) is 1.60. The summed E-state index contributed by atoms with van der Waals surface area (Å²) in [5.74, 6) is -1.73. The Bertz CT molecular complexity index is 475. The average Bonchev–Trinajstić information content (AvgIpc) is 2.46. The van der Waals surface area contributed by atoms with Gasteiger partial charge in [-0.3, -0.25) is 14.9 Å². The number of rotatable bonds is 1. The first-order chi connectivity index (χ1) is 7.50. The highest BCUT2D eigenvalue weighted by molar-refractivity contribution is 6.38. The highest BCUT2D eigenvalue weighted by Crippen LogP contribution is 2.34. The van der Waals surface area contributed by atoms with Gasteiger partial charge in [0.1, 0.15) is 5.38 Å². The van der Waals surface area contributed by atoms with Crippen LogP contribution in [0.15, 0.2) is 18.2 Å². The number of amides is 2. The van der Waals surface area contributed by atoms with E-state index < -0.39 is 23.1 Å². The zero-order valence-electron chi connectivity index (χ0n) is 7.84. The number of hydrogen-bond acceptors (Lipinski definition) is 2. The molecule has 1 aromatic rings. The van der Waals surface area contributed by atoms with Crippen LogP contribution in [0, 0.1) is 0 Å². The van der Waals surface area contributed by atoms with Crippen LogP contribution in [0.3, 0.4) is 0 Å². The summed E-state index contributed by atoms with van der Waals surface area (Å²) in [6.07, 6.45) is 0. The summed E-state index contributed by atoms with van der Waals surface area (Å²) in [5.41, 5.74) is 0.470. The molecule has 1 aliphatic rings. The fraction of sp³-hybridized carbons (Fsp3) is 0.200. The summed E-state index contributed by atoms with van der Waals surface area (Å²) < 4.78 is 0. The van der Waals surface area contributed by atoms with Gasteiger partial charge in [0.15, 0.2) is 0 Å². The topological polar surface area (TPSA) is 46.2 Å². The number of alkyl halides is 1. The molecule has 3 nitrogen and oxygen atoms in total. The average molecular weight is 279 g/mol. The number of benzene rings is 1. The first-order valence-electron chi connectivity index (χ1n) is 4.44. The van der Waals surface area contributed by atoms with Crippen LogP contribution in [0.25, 0.3) is 0 Å². The molecule has 2 rings (SSSR count). The van der Waals surface area contributed by atoms with Crippen molar-refractivity contribution >= 4 is 46.6 Å². The van der Waals surface area contributed by atoms with Gasteiger partial charge < -0.3 is 0 Å². The molecule has 1 fully saturated rings. The van der Waals surface area contributed by atoms with Crippen LogP contribution in [0.1, 0.15) is 11.5 Å². The molecule has 16 heavy (non-hydrogen) atoms. The lowest BCUT2D eigenvalue weighted by atomic mass is 9.97. The standard InChI is InChI=1S/C10H6Cl3NO2/c11-4-1-2-6(12)5(3-4)7-8(13)10(16)14-9(7)15/h1-3,7-8H,(H,14,15,16). The molecule has 0 aromatic heterocycles. The lowest BCUT2D eigenvalue weighted by Crippen LogP contribution is -2.22. The Kier molecular flexibility index (Phi) is 3.10. The molecule has 1 aromatic carbocycles. The number of carbonyl (C=O) groups excluding carboxylic acids is 2. The largest absolute Gasteiger partial charge is 0.295 e. The number of hydrogen-bond donors (Lipinski definition) is 1. The van der Waals surface area contributed by atoms with Gasteiger partial charge >= 0.3 is 0 Å². The summed E-state index contributed by atoms with van der Waals surface area (Å²) in [5, 5.41) is 2.01. The normalized spacial score (nSPS) is 24.7. The highest BCUT2D eigenvalue weighted by Gasteiger charge is 2.42. The van der Waals surface area contributed by atoms with E-state index in [-0.39, 0.29) is 0 Å². The third-order valence-electron chi connectivity index (χ3n) is 2.37. The van der Waals surface area contributed by atoms with Gasteiger partial charge in [0.2, 0.25) is 11.8 Å². The molecule has 0 saturated carbocycles. The Morgan fingerprint density at radius 1 is 1.12 bits per heavy atom. The fourth-order valence-corrected chi connectivity index (χ4v) is 2.32. The van der Waals surface area contributed by atoms with E-state index in [1.807, 2.05) is 0 Å². The Labute approximate surface area is 107 Å². The molecule has 1 N–H and O–H groups in total. The van der Waals surface area contributed by atoms with Gasteiger partial charge in [-0.1, -0.05) is 23.2 Å². The Morgan fingerprint density at radius 2 is 1.81 bits per heavy atom. The molecule has 1 saturated heterocycles. The predicted octanol–water partition coefficient (Wildman–Crippen LogP) is 2.34. The SMILES string of the molecule is O=C1NC(=O)C(c2cc(Cl)ccc2Cl)C1Cl. The molecule has 2 unspecified atom stereocenters. The van der Waals surface area contributed by atoms with Crippen molar-refractivity contribution in [3.05, 3.63) is 33.8 Å². The third-order valence-corrected chi connectivity index (χ3v) is 3.39. The van der Waals surface area contributed by atoms with E-state index in [1.165, 1.54) is 0 Å². The van der Waals surface area contributed by atoms with Crippen LogP contribution < -0.4 is 5.32 Å². The smallest absolute Gasteiger partial charge is 0.245 e. The van der Waals surface area contributed by atoms with E-state index in [1.54, 1.807) is 18.2 Å². The van der Waals surface area contributed by atoms with Crippen molar-refractivity contribution in [2.45, 2.75) is 11.3 Å². The quantitative estimate of drug-likeness (QED) is 0.633. The second kappa shape index (κ2) is 4.24. The number of imide groups is 1. The molecule has 6 heteroatoms. The predicted molar refractivity (Wildman–Crippen MR) is 62.0 cm³/mol. The molecule has 84 valence electrons. The molecule has 1 heterocycles. The zero-order chi connectivity index (χ0) is 11.9. The molecular weight excluding hydrogens is 272 g/mol. The van der Waals surface area contributed by atoms with Crippen LogP contribution in [0.5, 0.6) is 0 Å². The van der Waals surface area contributed by atoms with E-state index in [0.717, 1.165) is 0 Å². The van der Waals surface area contributed by atoms with E-state index >= 15 is 0 Å². The van der Waals surface area contributed by atoms with E-state index in [2.05, 4.69) is 5.32 Å². The number of nitrogens with one attached hydrogen (secondary N) is 1. The van der Waals surface area contributed by atoms with Crippen molar-refractivity contribution < 1.29 is 9.59 Å².